The Balaban J connectivity index is 1.53. The topological polar surface area (TPSA) is 80.5 Å². The zero-order chi connectivity index (χ0) is 23.8. The van der Waals surface area contributed by atoms with Crippen LogP contribution in [0.5, 0.6) is 5.75 Å². The lowest BCUT2D eigenvalue weighted by molar-refractivity contribution is -0.153. The summed E-state index contributed by atoms with van der Waals surface area (Å²) in [6.07, 6.45) is -0.577. The van der Waals surface area contributed by atoms with E-state index in [0.717, 1.165) is 42.5 Å². The van der Waals surface area contributed by atoms with Crippen LogP contribution in [-0.2, 0) is 0 Å². The van der Waals surface area contributed by atoms with E-state index in [1.165, 1.54) is 16.0 Å². The molecule has 12 heteroatoms. The van der Waals surface area contributed by atoms with Gasteiger partial charge in [0.2, 0.25) is 11.1 Å². The van der Waals surface area contributed by atoms with Crippen LogP contribution in [0.3, 0.4) is 0 Å². The first-order chi connectivity index (χ1) is 15.6. The predicted molar refractivity (Wildman–Crippen MR) is 121 cm³/mol. The Bertz CT molecular complexity index is 1100. The highest BCUT2D eigenvalue weighted by atomic mass is 32.1. The van der Waals surface area contributed by atoms with Gasteiger partial charge in [0.15, 0.2) is 18.0 Å². The van der Waals surface area contributed by atoms with Gasteiger partial charge in [0.25, 0.3) is 0 Å². The molecule has 1 N–H and O–H groups in total. The van der Waals surface area contributed by atoms with Gasteiger partial charge in [-0.05, 0) is 57.1 Å². The monoisotopic (exact) mass is 483 g/mol. The summed E-state index contributed by atoms with van der Waals surface area (Å²) in [5.74, 6) is 1.97. The van der Waals surface area contributed by atoms with Gasteiger partial charge in [-0.2, -0.15) is 22.5 Å². The fourth-order valence-corrected chi connectivity index (χ4v) is 5.11. The predicted octanol–water partition coefficient (Wildman–Crippen LogP) is 4.49. The van der Waals surface area contributed by atoms with Crippen LogP contribution in [0.25, 0.3) is 5.65 Å². The van der Waals surface area contributed by atoms with Gasteiger partial charge >= 0.3 is 6.18 Å². The average molecular weight is 484 g/mol. The summed E-state index contributed by atoms with van der Waals surface area (Å²) in [6.45, 7) is 8.25. The molecule has 0 aromatic carbocycles. The lowest BCUT2D eigenvalue weighted by Crippen LogP contribution is -2.38. The van der Waals surface area contributed by atoms with Crippen LogP contribution in [0.15, 0.2) is 12.3 Å². The van der Waals surface area contributed by atoms with Crippen LogP contribution >= 0.6 is 11.5 Å². The number of ether oxygens (including phenoxy) is 1. The molecule has 0 amide bonds. The van der Waals surface area contributed by atoms with Crippen molar-refractivity contribution in [2.24, 2.45) is 11.8 Å². The first kappa shape index (κ1) is 23.5. The Morgan fingerprint density at radius 3 is 2.73 bits per heavy atom. The van der Waals surface area contributed by atoms with E-state index < -0.39 is 12.8 Å². The van der Waals surface area contributed by atoms with Crippen LogP contribution in [0.2, 0.25) is 0 Å². The minimum Gasteiger partial charge on any atom is -0.480 e. The molecule has 0 aliphatic heterocycles. The lowest BCUT2D eigenvalue weighted by Gasteiger charge is -2.29. The van der Waals surface area contributed by atoms with Crippen molar-refractivity contribution in [1.82, 2.24) is 24.0 Å². The second-order valence-electron chi connectivity index (χ2n) is 8.64. The summed E-state index contributed by atoms with van der Waals surface area (Å²) < 4.78 is 48.8. The van der Waals surface area contributed by atoms with E-state index in [9.17, 15) is 13.2 Å². The van der Waals surface area contributed by atoms with E-state index in [-0.39, 0.29) is 17.4 Å². The normalized spacial score (nSPS) is 21.0. The fraction of sp³-hybridized carbons (Fsp3) is 0.619. The van der Waals surface area contributed by atoms with Gasteiger partial charge in [0.05, 0.1) is 0 Å². The standard InChI is InChI=1S/C21H28F3N7OS/c1-5-30(20-25-14(4)29-33-20)10-15-7-6-13(3)17(15)26-19-27-18-16(32-11-21(22,23)24)8-12(2)9-31(18)28-19/h8-9,13,15,17H,5-7,10-11H2,1-4H3,(H,26,28)/t13-,15-,17+/m0/s1. The van der Waals surface area contributed by atoms with Crippen molar-refractivity contribution in [3.8, 4) is 5.75 Å². The first-order valence-corrected chi connectivity index (χ1v) is 11.8. The molecule has 0 unspecified atom stereocenters. The SMILES string of the molecule is CCN(C[C@@H]1CC[C@H](C)[C@H]1Nc1nc2c(OCC(F)(F)F)cc(C)cn2n1)c1nc(C)ns1. The summed E-state index contributed by atoms with van der Waals surface area (Å²) >= 11 is 1.41. The first-order valence-electron chi connectivity index (χ1n) is 11.0. The zero-order valence-electron chi connectivity index (χ0n) is 19.1. The van der Waals surface area contributed by atoms with Crippen LogP contribution in [0.1, 0.15) is 38.1 Å². The number of fused-ring (bicyclic) bond motifs is 1. The molecule has 3 aromatic rings. The van der Waals surface area contributed by atoms with Crippen molar-refractivity contribution in [1.29, 1.82) is 0 Å². The van der Waals surface area contributed by atoms with E-state index >= 15 is 0 Å². The average Bonchev–Trinajstić information content (AvgIpc) is 3.44. The van der Waals surface area contributed by atoms with E-state index in [4.69, 9.17) is 4.74 Å². The van der Waals surface area contributed by atoms with Crippen molar-refractivity contribution in [2.45, 2.75) is 52.8 Å². The molecule has 0 saturated heterocycles. The third-order valence-corrected chi connectivity index (χ3v) is 6.83. The fourth-order valence-electron chi connectivity index (χ4n) is 4.36. The highest BCUT2D eigenvalue weighted by Gasteiger charge is 2.36. The van der Waals surface area contributed by atoms with E-state index in [0.29, 0.717) is 17.8 Å². The van der Waals surface area contributed by atoms with Crippen LogP contribution in [0, 0.1) is 25.7 Å². The Morgan fingerprint density at radius 2 is 2.06 bits per heavy atom. The second kappa shape index (κ2) is 9.32. The molecule has 180 valence electrons. The number of aryl methyl sites for hydroxylation is 2. The number of aromatic nitrogens is 5. The van der Waals surface area contributed by atoms with Gasteiger partial charge in [0.1, 0.15) is 5.82 Å². The number of rotatable bonds is 8. The van der Waals surface area contributed by atoms with Gasteiger partial charge in [-0.3, -0.25) is 0 Å². The Kier molecular flexibility index (Phi) is 6.64. The van der Waals surface area contributed by atoms with Crippen molar-refractivity contribution in [3.63, 3.8) is 0 Å². The summed E-state index contributed by atoms with van der Waals surface area (Å²) in [7, 11) is 0. The highest BCUT2D eigenvalue weighted by molar-refractivity contribution is 7.09. The third kappa shape index (κ3) is 5.48. The maximum absolute atomic E-state index is 12.7. The third-order valence-electron chi connectivity index (χ3n) is 5.96. The van der Waals surface area contributed by atoms with Gasteiger partial charge in [-0.1, -0.05) is 6.92 Å². The summed E-state index contributed by atoms with van der Waals surface area (Å²) in [5.41, 5.74) is 0.989. The largest absolute Gasteiger partial charge is 0.480 e. The number of halogens is 3. The van der Waals surface area contributed by atoms with Crippen LogP contribution in [0.4, 0.5) is 24.3 Å². The van der Waals surface area contributed by atoms with Gasteiger partial charge < -0.3 is 15.0 Å². The quantitative estimate of drug-likeness (QED) is 0.506. The Hall–Kier alpha value is -2.63. The molecule has 3 aromatic heterocycles. The minimum atomic E-state index is -4.43. The minimum absolute atomic E-state index is 0.0627. The molecule has 0 bridgehead atoms. The maximum atomic E-state index is 12.7. The number of pyridine rings is 1. The Morgan fingerprint density at radius 1 is 1.27 bits per heavy atom. The number of alkyl halides is 3. The molecule has 4 rings (SSSR count). The second-order valence-corrected chi connectivity index (χ2v) is 9.37. The summed E-state index contributed by atoms with van der Waals surface area (Å²) in [5, 5.41) is 8.84. The Labute approximate surface area is 194 Å². The highest BCUT2D eigenvalue weighted by Crippen LogP contribution is 2.35. The van der Waals surface area contributed by atoms with E-state index in [1.54, 1.807) is 19.2 Å². The van der Waals surface area contributed by atoms with E-state index in [1.807, 2.05) is 6.92 Å². The molecule has 3 atom stereocenters. The molecule has 1 aliphatic carbocycles. The van der Waals surface area contributed by atoms with Gasteiger partial charge in [-0.25, -0.2) is 9.50 Å². The molecular weight excluding hydrogens is 455 g/mol. The smallest absolute Gasteiger partial charge is 0.422 e. The molecule has 0 radical (unpaired) electrons. The van der Waals surface area contributed by atoms with Crippen molar-refractivity contribution in [2.75, 3.05) is 29.9 Å². The van der Waals surface area contributed by atoms with Crippen molar-refractivity contribution >= 4 is 28.3 Å². The molecular formula is C21H28F3N7OS. The van der Waals surface area contributed by atoms with Gasteiger partial charge in [-0.15, -0.1) is 5.10 Å². The van der Waals surface area contributed by atoms with Crippen LogP contribution in [-0.4, -0.2) is 55.9 Å². The summed E-state index contributed by atoms with van der Waals surface area (Å²) in [4.78, 5) is 11.2. The van der Waals surface area contributed by atoms with Crippen molar-refractivity contribution in [3.05, 3.63) is 23.7 Å². The van der Waals surface area contributed by atoms with E-state index in [2.05, 4.69) is 43.5 Å². The molecule has 33 heavy (non-hydrogen) atoms. The number of nitrogens with one attached hydrogen (secondary N) is 1. The van der Waals surface area contributed by atoms with Crippen LogP contribution < -0.4 is 15.0 Å². The molecule has 1 saturated carbocycles. The molecule has 0 spiro atoms. The van der Waals surface area contributed by atoms with Crippen molar-refractivity contribution < 1.29 is 17.9 Å². The molecule has 1 fully saturated rings. The maximum Gasteiger partial charge on any atom is 0.422 e. The van der Waals surface area contributed by atoms with Gasteiger partial charge in [0, 0.05) is 36.9 Å². The molecule has 3 heterocycles. The zero-order valence-corrected chi connectivity index (χ0v) is 19.9. The number of nitrogens with zero attached hydrogens (tertiary/aromatic N) is 6. The summed E-state index contributed by atoms with van der Waals surface area (Å²) in [6, 6.07) is 1.68. The number of hydrogen-bond donors (Lipinski definition) is 1. The molecule has 1 aliphatic rings. The molecule has 8 nitrogen and oxygen atoms in total. The number of anilines is 2. The lowest BCUT2D eigenvalue weighted by atomic mass is 9.98. The number of hydrogen-bond acceptors (Lipinski definition) is 8.